The Labute approximate surface area is 301 Å². The van der Waals surface area contributed by atoms with Gasteiger partial charge >= 0.3 is 23.3 Å². The minimum Gasteiger partial charge on any atom is -0.460 e. The van der Waals surface area contributed by atoms with Gasteiger partial charge in [0.1, 0.15) is 18.2 Å². The molecule has 1 aromatic heterocycles. The molecule has 2 aliphatic rings. The number of unbranched alkanes of at least 4 members (excludes halogenated alkanes) is 2. The number of cyclic esters (lactones) is 1. The molecular formula is C40H59N3O8. The molecule has 0 bridgehead atoms. The van der Waals surface area contributed by atoms with Crippen molar-refractivity contribution in [1.82, 2.24) is 13.9 Å². The summed E-state index contributed by atoms with van der Waals surface area (Å²) in [6.45, 7) is 11.1. The summed E-state index contributed by atoms with van der Waals surface area (Å²) in [5.74, 6) is -1.90. The van der Waals surface area contributed by atoms with Gasteiger partial charge in [0, 0.05) is 6.92 Å². The molecule has 0 saturated heterocycles. The molecule has 0 radical (unpaired) electrons. The maximum Gasteiger partial charge on any atom is 0.352 e. The van der Waals surface area contributed by atoms with Crippen molar-refractivity contribution in [3.8, 4) is 5.69 Å². The van der Waals surface area contributed by atoms with Crippen LogP contribution in [0.25, 0.3) is 5.69 Å². The van der Waals surface area contributed by atoms with E-state index in [1.807, 2.05) is 32.1 Å². The SMILES string of the molecule is CCCCCC1C=C(C)C(C2CC(C)C/C=C/CCC(O)C(OC(C)=O)CCC(C)CC(O)C(C)C(=O)O2)n2c(=O)n(-c3ccccc3)c(=O)n21. The fourth-order valence-electron chi connectivity index (χ4n) is 7.52. The second kappa shape index (κ2) is 18.7. The number of rotatable bonds is 7. The van der Waals surface area contributed by atoms with Gasteiger partial charge in [-0.1, -0.05) is 76.5 Å². The first kappa shape index (κ1) is 40.1. The van der Waals surface area contributed by atoms with Gasteiger partial charge in [0.15, 0.2) is 0 Å². The van der Waals surface area contributed by atoms with Crippen molar-refractivity contribution in [1.29, 1.82) is 0 Å². The molecule has 0 spiro atoms. The molecule has 2 aliphatic heterocycles. The van der Waals surface area contributed by atoms with Gasteiger partial charge in [-0.3, -0.25) is 9.59 Å². The average Bonchev–Trinajstić information content (AvgIpc) is 3.34. The van der Waals surface area contributed by atoms with Crippen LogP contribution >= 0.6 is 0 Å². The first-order valence-electron chi connectivity index (χ1n) is 18.9. The maximum absolute atomic E-state index is 14.4. The topological polar surface area (TPSA) is 142 Å². The van der Waals surface area contributed by atoms with Crippen LogP contribution in [0.2, 0.25) is 0 Å². The lowest BCUT2D eigenvalue weighted by Gasteiger charge is -2.36. The first-order chi connectivity index (χ1) is 24.3. The molecule has 2 N–H and O–H groups in total. The van der Waals surface area contributed by atoms with Crippen molar-refractivity contribution in [3.63, 3.8) is 0 Å². The zero-order valence-corrected chi connectivity index (χ0v) is 31.3. The summed E-state index contributed by atoms with van der Waals surface area (Å²) in [6, 6.07) is 7.83. The fraction of sp³-hybridized carbons (Fsp3) is 0.650. The number of hydrogen-bond acceptors (Lipinski definition) is 8. The minimum absolute atomic E-state index is 0.0130. The Morgan fingerprint density at radius 3 is 2.29 bits per heavy atom. The Balaban J connectivity index is 1.73. The van der Waals surface area contributed by atoms with Crippen LogP contribution < -0.4 is 11.4 Å². The van der Waals surface area contributed by atoms with E-state index in [1.54, 1.807) is 35.9 Å². The van der Waals surface area contributed by atoms with Gasteiger partial charge in [0.05, 0.1) is 29.9 Å². The van der Waals surface area contributed by atoms with E-state index >= 15 is 0 Å². The molecule has 0 fully saturated rings. The summed E-state index contributed by atoms with van der Waals surface area (Å²) in [5.41, 5.74) is 0.408. The quantitative estimate of drug-likeness (QED) is 0.197. The number of carbonyl (C=O) groups excluding carboxylic acids is 2. The summed E-state index contributed by atoms with van der Waals surface area (Å²) in [5, 5.41) is 22.1. The van der Waals surface area contributed by atoms with Crippen molar-refractivity contribution < 1.29 is 29.3 Å². The third-order valence-corrected chi connectivity index (χ3v) is 10.5. The fourth-order valence-corrected chi connectivity index (χ4v) is 7.52. The number of hydrogen-bond donors (Lipinski definition) is 2. The number of allylic oxidation sites excluding steroid dienone is 3. The number of aromatic nitrogens is 3. The molecular weight excluding hydrogens is 650 g/mol. The molecule has 0 saturated carbocycles. The molecule has 9 atom stereocenters. The zero-order valence-electron chi connectivity index (χ0n) is 31.3. The summed E-state index contributed by atoms with van der Waals surface area (Å²) in [7, 11) is 0. The Morgan fingerprint density at radius 2 is 1.61 bits per heavy atom. The van der Waals surface area contributed by atoms with Crippen LogP contribution in [0.1, 0.15) is 124 Å². The number of ether oxygens (including phenoxy) is 2. The number of para-hydroxylation sites is 1. The van der Waals surface area contributed by atoms with Gasteiger partial charge in [0.2, 0.25) is 0 Å². The van der Waals surface area contributed by atoms with Gasteiger partial charge in [-0.15, -0.1) is 0 Å². The number of aliphatic hydroxyl groups excluding tert-OH is 2. The lowest BCUT2D eigenvalue weighted by atomic mass is 9.88. The molecule has 3 heterocycles. The van der Waals surface area contributed by atoms with Crippen LogP contribution in [0.3, 0.4) is 0 Å². The summed E-state index contributed by atoms with van der Waals surface area (Å²) in [4.78, 5) is 54.1. The highest BCUT2D eigenvalue weighted by Gasteiger charge is 2.40. The van der Waals surface area contributed by atoms with E-state index in [1.165, 1.54) is 16.2 Å². The highest BCUT2D eigenvalue weighted by Crippen LogP contribution is 2.36. The largest absolute Gasteiger partial charge is 0.460 e. The Morgan fingerprint density at radius 1 is 0.902 bits per heavy atom. The van der Waals surface area contributed by atoms with Crippen molar-refractivity contribution in [2.45, 2.75) is 149 Å². The molecule has 282 valence electrons. The van der Waals surface area contributed by atoms with Gasteiger partial charge in [-0.2, -0.15) is 0 Å². The van der Waals surface area contributed by atoms with Crippen LogP contribution in [0.5, 0.6) is 0 Å². The Kier molecular flexibility index (Phi) is 14.7. The molecule has 2 aromatic rings. The third-order valence-electron chi connectivity index (χ3n) is 10.5. The Bertz CT molecular complexity index is 1620. The molecule has 51 heavy (non-hydrogen) atoms. The van der Waals surface area contributed by atoms with Crippen LogP contribution in [0.15, 0.2) is 63.7 Å². The number of fused-ring (bicyclic) bond motifs is 1. The van der Waals surface area contributed by atoms with Crippen molar-refractivity contribution in [2.24, 2.45) is 17.8 Å². The van der Waals surface area contributed by atoms with Gasteiger partial charge in [-0.25, -0.2) is 23.5 Å². The smallest absolute Gasteiger partial charge is 0.352 e. The lowest BCUT2D eigenvalue weighted by molar-refractivity contribution is -0.161. The van der Waals surface area contributed by atoms with Gasteiger partial charge < -0.3 is 19.7 Å². The molecule has 0 amide bonds. The number of nitrogens with zero attached hydrogens (tertiary/aromatic N) is 3. The molecule has 4 rings (SSSR count). The van der Waals surface area contributed by atoms with Crippen LogP contribution in [0, 0.1) is 17.8 Å². The number of carbonyl (C=O) groups is 2. The molecule has 1 aromatic carbocycles. The molecule has 9 unspecified atom stereocenters. The van der Waals surface area contributed by atoms with E-state index in [9.17, 15) is 29.4 Å². The van der Waals surface area contributed by atoms with E-state index in [0.717, 1.165) is 24.8 Å². The van der Waals surface area contributed by atoms with Crippen molar-refractivity contribution >= 4 is 11.9 Å². The molecule has 11 heteroatoms. The zero-order chi connectivity index (χ0) is 37.2. The van der Waals surface area contributed by atoms with Crippen molar-refractivity contribution in [3.05, 3.63) is 75.1 Å². The normalized spacial score (nSPS) is 30.6. The van der Waals surface area contributed by atoms with Crippen LogP contribution in [-0.4, -0.2) is 60.5 Å². The minimum atomic E-state index is -1.00. The average molecular weight is 710 g/mol. The van der Waals surface area contributed by atoms with E-state index in [-0.39, 0.29) is 17.9 Å². The van der Waals surface area contributed by atoms with E-state index in [4.69, 9.17) is 9.47 Å². The van der Waals surface area contributed by atoms with Crippen LogP contribution in [0.4, 0.5) is 0 Å². The molecule has 0 aliphatic carbocycles. The highest BCUT2D eigenvalue weighted by atomic mass is 16.6. The first-order valence-corrected chi connectivity index (χ1v) is 18.9. The van der Waals surface area contributed by atoms with Gasteiger partial charge in [0.25, 0.3) is 0 Å². The number of esters is 2. The third kappa shape index (κ3) is 10.2. The van der Waals surface area contributed by atoms with Crippen LogP contribution in [-0.2, 0) is 19.1 Å². The number of aliphatic hydroxyl groups is 2. The standard InChI is InChI=1S/C40H59N3O8/c1-7-8-11-19-32-25-28(4)37(43-40(49)41(39(48)42(32)43)31-17-13-10-14-18-31)36-24-26(2)16-12-9-15-20-33(45)35(50-30(6)44)22-21-27(3)23-34(46)29(5)38(47)51-36/h9-10,12-14,17-18,25-27,29,32-37,45-46H,7-8,11,15-16,19-24H2,1-6H3/b12-9+. The van der Waals surface area contributed by atoms with Gasteiger partial charge in [-0.05, 0) is 94.8 Å². The second-order valence-corrected chi connectivity index (χ2v) is 14.9. The lowest BCUT2D eigenvalue weighted by Crippen LogP contribution is -2.44. The monoisotopic (exact) mass is 709 g/mol. The van der Waals surface area contributed by atoms with Crippen molar-refractivity contribution in [2.75, 3.05) is 0 Å². The van der Waals surface area contributed by atoms with E-state index in [0.29, 0.717) is 57.1 Å². The molecule has 11 nitrogen and oxygen atoms in total. The van der Waals surface area contributed by atoms with E-state index < -0.39 is 59.7 Å². The summed E-state index contributed by atoms with van der Waals surface area (Å²) >= 11 is 0. The van der Waals surface area contributed by atoms with E-state index in [2.05, 4.69) is 19.9 Å². The summed E-state index contributed by atoms with van der Waals surface area (Å²) in [6.07, 6.45) is 9.83. The second-order valence-electron chi connectivity index (χ2n) is 14.9. The predicted octanol–water partition coefficient (Wildman–Crippen LogP) is 6.20. The maximum atomic E-state index is 14.4. The summed E-state index contributed by atoms with van der Waals surface area (Å²) < 4.78 is 16.1. The number of benzene rings is 1. The Hall–Kier alpha value is -3.70. The predicted molar refractivity (Wildman–Crippen MR) is 197 cm³/mol. The highest BCUT2D eigenvalue weighted by molar-refractivity contribution is 5.73.